The van der Waals surface area contributed by atoms with Crippen molar-refractivity contribution in [1.82, 2.24) is 4.90 Å². The molecule has 0 fully saturated rings. The van der Waals surface area contributed by atoms with E-state index in [1.54, 1.807) is 35.2 Å². The summed E-state index contributed by atoms with van der Waals surface area (Å²) in [5.74, 6) is -0.0798. The van der Waals surface area contributed by atoms with Gasteiger partial charge in [-0.15, -0.1) is 0 Å². The molecule has 2 heterocycles. The van der Waals surface area contributed by atoms with Crippen LogP contribution in [-0.4, -0.2) is 22.5 Å². The van der Waals surface area contributed by atoms with Crippen LogP contribution in [0.1, 0.15) is 46.6 Å². The van der Waals surface area contributed by atoms with Crippen LogP contribution in [0.4, 0.5) is 0 Å². The van der Waals surface area contributed by atoms with Crippen molar-refractivity contribution in [2.24, 2.45) is 0 Å². The minimum Gasteiger partial charge on any atom is -0.508 e. The molecule has 2 aromatic carbocycles. The number of hydrogen-bond donors (Lipinski definition) is 1. The molecule has 1 aromatic heterocycles. The van der Waals surface area contributed by atoms with Crippen LogP contribution in [0.3, 0.4) is 0 Å². The summed E-state index contributed by atoms with van der Waals surface area (Å²) in [6.45, 7) is 4.39. The molecule has 0 aliphatic carbocycles. The van der Waals surface area contributed by atoms with Gasteiger partial charge in [0.15, 0.2) is 5.43 Å². The molecule has 0 saturated heterocycles. The van der Waals surface area contributed by atoms with Crippen molar-refractivity contribution in [2.75, 3.05) is 6.54 Å². The fourth-order valence-electron chi connectivity index (χ4n) is 3.65. The zero-order valence-electron chi connectivity index (χ0n) is 14.7. The Kier molecular flexibility index (Phi) is 3.80. The van der Waals surface area contributed by atoms with Crippen LogP contribution in [0.2, 0.25) is 0 Å². The first kappa shape index (κ1) is 16.4. The minimum atomic E-state index is -0.550. The highest BCUT2D eigenvalue weighted by molar-refractivity contribution is 5.99. The molecule has 0 radical (unpaired) electrons. The van der Waals surface area contributed by atoms with E-state index < -0.39 is 6.04 Å². The summed E-state index contributed by atoms with van der Waals surface area (Å²) >= 11 is 0. The minimum absolute atomic E-state index is 0.0980. The van der Waals surface area contributed by atoms with E-state index in [9.17, 15) is 14.7 Å². The van der Waals surface area contributed by atoms with Crippen molar-refractivity contribution in [2.45, 2.75) is 26.3 Å². The normalized spacial score (nSPS) is 16.3. The van der Waals surface area contributed by atoms with Gasteiger partial charge in [0, 0.05) is 6.54 Å². The molecule has 0 unspecified atom stereocenters. The predicted molar refractivity (Wildman–Crippen MR) is 98.5 cm³/mol. The largest absolute Gasteiger partial charge is 0.508 e. The number of phenolic OH excluding ortho intramolecular Hbond substituents is 1. The number of nitrogens with zero attached hydrogens (tertiary/aromatic N) is 1. The summed E-state index contributed by atoms with van der Waals surface area (Å²) in [6, 6.07) is 11.5. The maximum absolute atomic E-state index is 13.2. The molecule has 0 bridgehead atoms. The summed E-state index contributed by atoms with van der Waals surface area (Å²) in [4.78, 5) is 27.8. The summed E-state index contributed by atoms with van der Waals surface area (Å²) in [5.41, 5.74) is 2.23. The van der Waals surface area contributed by atoms with E-state index in [1.165, 1.54) is 0 Å². The lowest BCUT2D eigenvalue weighted by molar-refractivity contribution is 0.0728. The van der Waals surface area contributed by atoms with E-state index in [0.717, 1.165) is 12.0 Å². The Morgan fingerprint density at radius 1 is 1.15 bits per heavy atom. The lowest BCUT2D eigenvalue weighted by atomic mass is 9.98. The Bertz CT molecular complexity index is 1080. The molecule has 26 heavy (non-hydrogen) atoms. The van der Waals surface area contributed by atoms with Crippen LogP contribution in [0, 0.1) is 6.92 Å². The summed E-state index contributed by atoms with van der Waals surface area (Å²) in [5, 5.41) is 10.3. The molecule has 4 rings (SSSR count). The Hall–Kier alpha value is -3.08. The van der Waals surface area contributed by atoms with E-state index >= 15 is 0 Å². The van der Waals surface area contributed by atoms with Crippen molar-refractivity contribution >= 4 is 16.9 Å². The fourth-order valence-corrected chi connectivity index (χ4v) is 3.65. The van der Waals surface area contributed by atoms with E-state index in [-0.39, 0.29) is 22.8 Å². The SMILES string of the molecule is CCCN1C(=O)c2oc3ccc(C)cc3c(=O)c2[C@@H]1c1cccc(O)c1. The van der Waals surface area contributed by atoms with Gasteiger partial charge >= 0.3 is 0 Å². The van der Waals surface area contributed by atoms with Crippen molar-refractivity contribution in [3.05, 3.63) is 75.1 Å². The molecule has 0 saturated carbocycles. The number of hydrogen-bond acceptors (Lipinski definition) is 4. The number of aryl methyl sites for hydroxylation is 1. The molecule has 132 valence electrons. The van der Waals surface area contributed by atoms with Crippen molar-refractivity contribution < 1.29 is 14.3 Å². The van der Waals surface area contributed by atoms with Gasteiger partial charge in [-0.2, -0.15) is 0 Å². The van der Waals surface area contributed by atoms with Gasteiger partial charge in [-0.05, 0) is 43.2 Å². The quantitative estimate of drug-likeness (QED) is 0.781. The van der Waals surface area contributed by atoms with E-state index in [4.69, 9.17) is 4.42 Å². The van der Waals surface area contributed by atoms with Crippen LogP contribution >= 0.6 is 0 Å². The molecule has 3 aromatic rings. The molecule has 5 nitrogen and oxygen atoms in total. The number of benzene rings is 2. The summed E-state index contributed by atoms with van der Waals surface area (Å²) in [6.07, 6.45) is 0.752. The number of phenols is 1. The second kappa shape index (κ2) is 6.02. The molecule has 1 aliphatic rings. The monoisotopic (exact) mass is 349 g/mol. The van der Waals surface area contributed by atoms with Gasteiger partial charge < -0.3 is 14.4 Å². The second-order valence-corrected chi connectivity index (χ2v) is 6.67. The van der Waals surface area contributed by atoms with Crippen LogP contribution in [-0.2, 0) is 0 Å². The highest BCUT2D eigenvalue weighted by Crippen LogP contribution is 2.38. The van der Waals surface area contributed by atoms with Crippen molar-refractivity contribution in [3.63, 3.8) is 0 Å². The highest BCUT2D eigenvalue weighted by Gasteiger charge is 2.42. The first-order chi connectivity index (χ1) is 12.5. The van der Waals surface area contributed by atoms with Crippen LogP contribution < -0.4 is 5.43 Å². The number of carbonyl (C=O) groups is 1. The number of rotatable bonds is 3. The Labute approximate surface area is 150 Å². The van der Waals surface area contributed by atoms with E-state index in [1.807, 2.05) is 26.0 Å². The van der Waals surface area contributed by atoms with Gasteiger partial charge in [0.2, 0.25) is 5.76 Å². The molecular formula is C21H19NO4. The molecule has 1 amide bonds. The van der Waals surface area contributed by atoms with Crippen LogP contribution in [0.25, 0.3) is 11.0 Å². The topological polar surface area (TPSA) is 70.8 Å². The Morgan fingerprint density at radius 3 is 2.69 bits per heavy atom. The standard InChI is InChI=1S/C21H19NO4/c1-3-9-22-18(13-5-4-6-14(23)11-13)17-19(24)15-10-12(2)7-8-16(15)26-20(17)21(22)25/h4-8,10-11,18,23H,3,9H2,1-2H3/t18-/m0/s1. The van der Waals surface area contributed by atoms with Gasteiger partial charge in [0.1, 0.15) is 11.3 Å². The maximum Gasteiger partial charge on any atom is 0.290 e. The van der Waals surface area contributed by atoms with Crippen molar-refractivity contribution in [1.29, 1.82) is 0 Å². The molecule has 0 spiro atoms. The smallest absolute Gasteiger partial charge is 0.290 e. The molecule has 5 heteroatoms. The third-order valence-electron chi connectivity index (χ3n) is 4.77. The lowest BCUT2D eigenvalue weighted by Crippen LogP contribution is -2.30. The van der Waals surface area contributed by atoms with E-state index in [2.05, 4.69) is 0 Å². The van der Waals surface area contributed by atoms with Crippen LogP contribution in [0.5, 0.6) is 5.75 Å². The third-order valence-corrected chi connectivity index (χ3v) is 4.77. The Morgan fingerprint density at radius 2 is 1.96 bits per heavy atom. The van der Waals surface area contributed by atoms with Gasteiger partial charge in [0.25, 0.3) is 5.91 Å². The average Bonchev–Trinajstić information content (AvgIpc) is 2.89. The van der Waals surface area contributed by atoms with Gasteiger partial charge in [-0.25, -0.2) is 0 Å². The first-order valence-corrected chi connectivity index (χ1v) is 8.68. The average molecular weight is 349 g/mol. The maximum atomic E-state index is 13.2. The van der Waals surface area contributed by atoms with Crippen LogP contribution in [0.15, 0.2) is 51.7 Å². The molecule has 1 aliphatic heterocycles. The second-order valence-electron chi connectivity index (χ2n) is 6.67. The summed E-state index contributed by atoms with van der Waals surface area (Å²) in [7, 11) is 0. The number of fused-ring (bicyclic) bond motifs is 2. The van der Waals surface area contributed by atoms with Gasteiger partial charge in [-0.1, -0.05) is 30.7 Å². The third kappa shape index (κ3) is 2.39. The number of carbonyl (C=O) groups excluding carboxylic acids is 1. The van der Waals surface area contributed by atoms with Gasteiger partial charge in [0.05, 0.1) is 17.0 Å². The van der Waals surface area contributed by atoms with Gasteiger partial charge in [-0.3, -0.25) is 9.59 Å². The number of amides is 1. The molecule has 1 atom stereocenters. The molecular weight excluding hydrogens is 330 g/mol. The predicted octanol–water partition coefficient (Wildman–Crippen LogP) is 3.76. The lowest BCUT2D eigenvalue weighted by Gasteiger charge is -2.24. The highest BCUT2D eigenvalue weighted by atomic mass is 16.3. The first-order valence-electron chi connectivity index (χ1n) is 8.68. The number of aromatic hydroxyl groups is 1. The zero-order valence-corrected chi connectivity index (χ0v) is 14.7. The Balaban J connectivity index is 2.03. The van der Waals surface area contributed by atoms with Crippen molar-refractivity contribution in [3.8, 4) is 5.75 Å². The zero-order chi connectivity index (χ0) is 18.4. The fraction of sp³-hybridized carbons (Fsp3) is 0.238. The molecule has 1 N–H and O–H groups in total. The summed E-state index contributed by atoms with van der Waals surface area (Å²) < 4.78 is 5.86. The van der Waals surface area contributed by atoms with E-state index in [0.29, 0.717) is 28.6 Å².